The number of aliphatic hydroxyl groups is 3. The predicted octanol–water partition coefficient (Wildman–Crippen LogP) is -3.06. The van der Waals surface area contributed by atoms with E-state index in [-0.39, 0.29) is 0 Å². The Morgan fingerprint density at radius 1 is 1.59 bits per heavy atom. The van der Waals surface area contributed by atoms with Crippen molar-refractivity contribution in [3.05, 3.63) is 0 Å². The Kier molecular flexibility index (Phi) is 4.07. The first-order valence-corrected chi connectivity index (χ1v) is 5.20. The van der Waals surface area contributed by atoms with Crippen molar-refractivity contribution in [3.63, 3.8) is 0 Å². The smallest absolute Gasteiger partial charge is 0.364 e. The van der Waals surface area contributed by atoms with Gasteiger partial charge in [0.2, 0.25) is 0 Å². The standard InChI is InChI=1S/C9H18N2O6/c1-3(12)5(10)7-6(11)4(13)2-9(16,17-7)8(14)15/h3-7,12-13,16H,2,10-11H2,1H3,(H,14,15)/t3-,4+,5-,6+,7+,9?/m1/s1. The van der Waals surface area contributed by atoms with Crippen molar-refractivity contribution in [2.24, 2.45) is 11.5 Å². The summed E-state index contributed by atoms with van der Waals surface area (Å²) in [5, 5.41) is 37.4. The van der Waals surface area contributed by atoms with Crippen LogP contribution in [0.25, 0.3) is 0 Å². The minimum atomic E-state index is -2.54. The summed E-state index contributed by atoms with van der Waals surface area (Å²) in [6.07, 6.45) is -4.00. The van der Waals surface area contributed by atoms with E-state index in [1.165, 1.54) is 6.92 Å². The average molecular weight is 250 g/mol. The Hall–Kier alpha value is -0.770. The predicted molar refractivity (Wildman–Crippen MR) is 55.7 cm³/mol. The molecule has 8 nitrogen and oxygen atoms in total. The third-order valence-corrected chi connectivity index (χ3v) is 2.91. The molecule has 1 aliphatic heterocycles. The number of hydrogen-bond acceptors (Lipinski definition) is 7. The second-order valence-corrected chi connectivity index (χ2v) is 4.34. The molecular formula is C9H18N2O6. The molecule has 1 fully saturated rings. The number of carboxylic acids is 1. The number of hydrogen-bond donors (Lipinski definition) is 6. The van der Waals surface area contributed by atoms with Gasteiger partial charge in [0.15, 0.2) is 0 Å². The molecule has 100 valence electrons. The molecule has 0 aromatic rings. The number of aliphatic carboxylic acids is 1. The zero-order chi connectivity index (χ0) is 13.4. The van der Waals surface area contributed by atoms with Gasteiger partial charge < -0.3 is 36.6 Å². The topological polar surface area (TPSA) is 159 Å². The van der Waals surface area contributed by atoms with E-state index >= 15 is 0 Å². The highest BCUT2D eigenvalue weighted by molar-refractivity contribution is 5.75. The quantitative estimate of drug-likeness (QED) is 0.308. The average Bonchev–Trinajstić information content (AvgIpc) is 2.22. The van der Waals surface area contributed by atoms with E-state index in [0.29, 0.717) is 0 Å². The van der Waals surface area contributed by atoms with Crippen LogP contribution < -0.4 is 11.5 Å². The van der Waals surface area contributed by atoms with Crippen molar-refractivity contribution >= 4 is 5.97 Å². The number of carbonyl (C=O) groups is 1. The molecule has 1 heterocycles. The van der Waals surface area contributed by atoms with Crippen LogP contribution in [0.4, 0.5) is 0 Å². The van der Waals surface area contributed by atoms with Crippen molar-refractivity contribution in [1.82, 2.24) is 0 Å². The summed E-state index contributed by atoms with van der Waals surface area (Å²) in [7, 11) is 0. The third kappa shape index (κ3) is 2.73. The Labute approximate surface area is 97.8 Å². The van der Waals surface area contributed by atoms with Crippen molar-refractivity contribution in [2.45, 2.75) is 49.5 Å². The first-order chi connectivity index (χ1) is 7.69. The van der Waals surface area contributed by atoms with Gasteiger partial charge in [0.05, 0.1) is 30.4 Å². The first-order valence-electron chi connectivity index (χ1n) is 5.20. The molecule has 0 aromatic carbocycles. The van der Waals surface area contributed by atoms with E-state index in [4.69, 9.17) is 21.3 Å². The molecule has 1 aliphatic rings. The summed E-state index contributed by atoms with van der Waals surface area (Å²) in [6, 6.07) is -1.98. The highest BCUT2D eigenvalue weighted by Crippen LogP contribution is 2.28. The fourth-order valence-corrected chi connectivity index (χ4v) is 1.74. The van der Waals surface area contributed by atoms with Crippen LogP contribution in [0.15, 0.2) is 0 Å². The molecule has 17 heavy (non-hydrogen) atoms. The second kappa shape index (κ2) is 4.84. The van der Waals surface area contributed by atoms with E-state index in [9.17, 15) is 20.1 Å². The fourth-order valence-electron chi connectivity index (χ4n) is 1.74. The Balaban J connectivity index is 2.93. The van der Waals surface area contributed by atoms with Gasteiger partial charge in [-0.05, 0) is 6.92 Å². The van der Waals surface area contributed by atoms with Crippen LogP contribution in [0.2, 0.25) is 0 Å². The molecule has 0 saturated carbocycles. The van der Waals surface area contributed by atoms with Gasteiger partial charge in [0, 0.05) is 6.42 Å². The molecule has 8 heteroatoms. The monoisotopic (exact) mass is 250 g/mol. The van der Waals surface area contributed by atoms with E-state index in [2.05, 4.69) is 0 Å². The fraction of sp³-hybridized carbons (Fsp3) is 0.889. The van der Waals surface area contributed by atoms with Crippen LogP contribution >= 0.6 is 0 Å². The zero-order valence-electron chi connectivity index (χ0n) is 9.35. The van der Waals surface area contributed by atoms with Gasteiger partial charge >= 0.3 is 5.97 Å². The lowest BCUT2D eigenvalue weighted by atomic mass is 9.89. The van der Waals surface area contributed by atoms with E-state index < -0.39 is 48.6 Å². The van der Waals surface area contributed by atoms with Crippen molar-refractivity contribution < 1.29 is 30.0 Å². The Morgan fingerprint density at radius 2 is 2.12 bits per heavy atom. The molecule has 1 rings (SSSR count). The molecule has 1 saturated heterocycles. The summed E-state index contributed by atoms with van der Waals surface area (Å²) in [5.74, 6) is -4.17. The maximum Gasteiger partial charge on any atom is 0.364 e. The Bertz CT molecular complexity index is 295. The Morgan fingerprint density at radius 3 is 2.53 bits per heavy atom. The number of carboxylic acid groups (broad SMARTS) is 1. The lowest BCUT2D eigenvalue weighted by Gasteiger charge is -2.43. The summed E-state index contributed by atoms with van der Waals surface area (Å²) >= 11 is 0. The zero-order valence-corrected chi connectivity index (χ0v) is 9.35. The van der Waals surface area contributed by atoms with Gasteiger partial charge in [-0.3, -0.25) is 0 Å². The van der Waals surface area contributed by atoms with Crippen molar-refractivity contribution in [3.8, 4) is 0 Å². The minimum Gasteiger partial charge on any atom is -0.477 e. The van der Waals surface area contributed by atoms with Gasteiger partial charge in [-0.15, -0.1) is 0 Å². The molecule has 6 atom stereocenters. The highest BCUT2D eigenvalue weighted by Gasteiger charge is 2.51. The maximum absolute atomic E-state index is 10.8. The van der Waals surface area contributed by atoms with Gasteiger partial charge in [0.1, 0.15) is 0 Å². The van der Waals surface area contributed by atoms with E-state index in [0.717, 1.165) is 0 Å². The van der Waals surface area contributed by atoms with Gasteiger partial charge in [-0.2, -0.15) is 0 Å². The highest BCUT2D eigenvalue weighted by atomic mass is 16.7. The number of rotatable bonds is 3. The first kappa shape index (κ1) is 14.3. The van der Waals surface area contributed by atoms with Gasteiger partial charge in [-0.1, -0.05) is 0 Å². The van der Waals surface area contributed by atoms with Crippen LogP contribution in [-0.4, -0.2) is 62.6 Å². The number of ether oxygens (including phenoxy) is 1. The normalized spacial score (nSPS) is 41.9. The van der Waals surface area contributed by atoms with Crippen LogP contribution in [-0.2, 0) is 9.53 Å². The molecule has 0 aromatic heterocycles. The van der Waals surface area contributed by atoms with Gasteiger partial charge in [-0.25, -0.2) is 4.79 Å². The van der Waals surface area contributed by atoms with Crippen molar-refractivity contribution in [1.29, 1.82) is 0 Å². The van der Waals surface area contributed by atoms with Crippen LogP contribution in [0.5, 0.6) is 0 Å². The molecule has 0 spiro atoms. The minimum absolute atomic E-state index is 0.549. The van der Waals surface area contributed by atoms with Crippen LogP contribution in [0, 0.1) is 0 Å². The molecule has 0 radical (unpaired) electrons. The van der Waals surface area contributed by atoms with E-state index in [1.54, 1.807) is 0 Å². The molecule has 0 aliphatic carbocycles. The summed E-state index contributed by atoms with van der Waals surface area (Å²) in [5.41, 5.74) is 11.2. The van der Waals surface area contributed by atoms with Gasteiger partial charge in [0.25, 0.3) is 5.79 Å². The third-order valence-electron chi connectivity index (χ3n) is 2.91. The summed E-state index contributed by atoms with van der Waals surface area (Å²) in [4.78, 5) is 10.8. The number of aliphatic hydroxyl groups excluding tert-OH is 2. The SMILES string of the molecule is C[C@@H](O)[C@@H](N)[C@@H]1OC(O)(C(=O)O)C[C@H](O)[C@@H]1N. The largest absolute Gasteiger partial charge is 0.477 e. The molecular weight excluding hydrogens is 232 g/mol. The molecule has 8 N–H and O–H groups in total. The number of nitrogens with two attached hydrogens (primary N) is 2. The molecule has 0 bridgehead atoms. The lowest BCUT2D eigenvalue weighted by molar-refractivity contribution is -0.279. The summed E-state index contributed by atoms with van der Waals surface area (Å²) in [6.45, 7) is 1.38. The van der Waals surface area contributed by atoms with Crippen molar-refractivity contribution in [2.75, 3.05) is 0 Å². The van der Waals surface area contributed by atoms with Crippen LogP contribution in [0.1, 0.15) is 13.3 Å². The lowest BCUT2D eigenvalue weighted by Crippen LogP contribution is -2.66. The van der Waals surface area contributed by atoms with E-state index in [1.807, 2.05) is 0 Å². The molecule has 1 unspecified atom stereocenters. The molecule has 0 amide bonds. The second-order valence-electron chi connectivity index (χ2n) is 4.34. The van der Waals surface area contributed by atoms with Crippen LogP contribution in [0.3, 0.4) is 0 Å². The summed E-state index contributed by atoms with van der Waals surface area (Å²) < 4.78 is 4.93. The maximum atomic E-state index is 10.8.